The molecule has 0 radical (unpaired) electrons. The Labute approximate surface area is 129 Å². The lowest BCUT2D eigenvalue weighted by molar-refractivity contribution is -0.125. The standard InChI is InChI=1S/C16H33N3O2/c1-13(2)11-15(19-7-9-21-10-8-19)12-18-16(20)14(3)5-4-6-17/h13-15H,4-12,17H2,1-3H3,(H,18,20). The number of carbonyl (C=O) groups excluding carboxylic acids is 1. The van der Waals surface area contributed by atoms with E-state index in [1.165, 1.54) is 0 Å². The zero-order chi connectivity index (χ0) is 15.7. The summed E-state index contributed by atoms with van der Waals surface area (Å²) in [5.41, 5.74) is 5.50. The zero-order valence-corrected chi connectivity index (χ0v) is 13.9. The number of nitrogens with two attached hydrogens (primary N) is 1. The Morgan fingerprint density at radius 2 is 1.95 bits per heavy atom. The van der Waals surface area contributed by atoms with Gasteiger partial charge in [0.15, 0.2) is 0 Å². The minimum atomic E-state index is 0.0536. The van der Waals surface area contributed by atoms with E-state index < -0.39 is 0 Å². The lowest BCUT2D eigenvalue weighted by Crippen LogP contribution is -2.49. The predicted octanol–water partition coefficient (Wildman–Crippen LogP) is 1.22. The van der Waals surface area contributed by atoms with Crippen molar-refractivity contribution in [3.8, 4) is 0 Å². The molecule has 1 amide bonds. The second-order valence-corrected chi connectivity index (χ2v) is 6.51. The third-order valence-electron chi connectivity index (χ3n) is 4.11. The summed E-state index contributed by atoms with van der Waals surface area (Å²) in [6, 6.07) is 0.416. The van der Waals surface area contributed by atoms with Crippen molar-refractivity contribution >= 4 is 5.91 Å². The van der Waals surface area contributed by atoms with E-state index in [0.717, 1.165) is 52.1 Å². The molecule has 0 aromatic heterocycles. The molecule has 1 aliphatic heterocycles. The van der Waals surface area contributed by atoms with Gasteiger partial charge < -0.3 is 15.8 Å². The SMILES string of the molecule is CC(C)CC(CNC(=O)C(C)CCCN)N1CCOCC1. The van der Waals surface area contributed by atoms with Gasteiger partial charge in [0.2, 0.25) is 5.91 Å². The maximum Gasteiger partial charge on any atom is 0.222 e. The normalized spacial score (nSPS) is 19.5. The first-order valence-corrected chi connectivity index (χ1v) is 8.34. The van der Waals surface area contributed by atoms with Gasteiger partial charge >= 0.3 is 0 Å². The molecule has 3 N–H and O–H groups in total. The van der Waals surface area contributed by atoms with Crippen molar-refractivity contribution in [2.75, 3.05) is 39.4 Å². The average molecular weight is 299 g/mol. The molecule has 21 heavy (non-hydrogen) atoms. The summed E-state index contributed by atoms with van der Waals surface area (Å²) in [7, 11) is 0. The molecule has 0 bridgehead atoms. The fraction of sp³-hybridized carbons (Fsp3) is 0.938. The highest BCUT2D eigenvalue weighted by molar-refractivity contribution is 5.78. The number of morpholine rings is 1. The summed E-state index contributed by atoms with van der Waals surface area (Å²) in [6.45, 7) is 11.4. The molecule has 1 heterocycles. The monoisotopic (exact) mass is 299 g/mol. The average Bonchev–Trinajstić information content (AvgIpc) is 2.49. The summed E-state index contributed by atoms with van der Waals surface area (Å²) in [5.74, 6) is 0.841. The lowest BCUT2D eigenvalue weighted by atomic mass is 10.0. The highest BCUT2D eigenvalue weighted by Crippen LogP contribution is 2.13. The van der Waals surface area contributed by atoms with Crippen molar-refractivity contribution in [2.24, 2.45) is 17.6 Å². The van der Waals surface area contributed by atoms with Crippen LogP contribution in [0.3, 0.4) is 0 Å². The van der Waals surface area contributed by atoms with Crippen molar-refractivity contribution in [3.05, 3.63) is 0 Å². The van der Waals surface area contributed by atoms with Crippen LogP contribution in [0.15, 0.2) is 0 Å². The largest absolute Gasteiger partial charge is 0.379 e. The molecule has 1 fully saturated rings. The number of carbonyl (C=O) groups is 1. The molecule has 0 aliphatic carbocycles. The Morgan fingerprint density at radius 3 is 2.52 bits per heavy atom. The fourth-order valence-corrected chi connectivity index (χ4v) is 2.80. The molecule has 2 atom stereocenters. The molecule has 5 heteroatoms. The van der Waals surface area contributed by atoms with E-state index in [1.54, 1.807) is 0 Å². The van der Waals surface area contributed by atoms with Gasteiger partial charge in [-0.25, -0.2) is 0 Å². The molecule has 0 spiro atoms. The Balaban J connectivity index is 2.42. The quantitative estimate of drug-likeness (QED) is 0.672. The van der Waals surface area contributed by atoms with E-state index in [4.69, 9.17) is 10.5 Å². The van der Waals surface area contributed by atoms with Gasteiger partial charge in [0.05, 0.1) is 13.2 Å². The van der Waals surface area contributed by atoms with Gasteiger partial charge in [-0.05, 0) is 31.7 Å². The second kappa shape index (κ2) is 10.1. The van der Waals surface area contributed by atoms with Crippen LogP contribution in [-0.2, 0) is 9.53 Å². The molecule has 1 saturated heterocycles. The topological polar surface area (TPSA) is 67.6 Å². The second-order valence-electron chi connectivity index (χ2n) is 6.51. The summed E-state index contributed by atoms with van der Waals surface area (Å²) < 4.78 is 5.42. The van der Waals surface area contributed by atoms with Gasteiger partial charge in [0.1, 0.15) is 0 Å². The minimum Gasteiger partial charge on any atom is -0.379 e. The number of nitrogens with one attached hydrogen (secondary N) is 1. The lowest BCUT2D eigenvalue weighted by Gasteiger charge is -2.35. The van der Waals surface area contributed by atoms with Gasteiger partial charge in [0, 0.05) is 31.6 Å². The van der Waals surface area contributed by atoms with Crippen LogP contribution in [0.25, 0.3) is 0 Å². The Hall–Kier alpha value is -0.650. The maximum atomic E-state index is 12.1. The first kappa shape index (κ1) is 18.4. The van der Waals surface area contributed by atoms with Crippen LogP contribution in [0, 0.1) is 11.8 Å². The highest BCUT2D eigenvalue weighted by Gasteiger charge is 2.23. The summed E-state index contributed by atoms with van der Waals surface area (Å²) >= 11 is 0. The van der Waals surface area contributed by atoms with Crippen molar-refractivity contribution < 1.29 is 9.53 Å². The number of nitrogens with zero attached hydrogens (tertiary/aromatic N) is 1. The van der Waals surface area contributed by atoms with E-state index in [-0.39, 0.29) is 11.8 Å². The zero-order valence-electron chi connectivity index (χ0n) is 13.9. The first-order chi connectivity index (χ1) is 10.0. The smallest absolute Gasteiger partial charge is 0.222 e. The van der Waals surface area contributed by atoms with E-state index in [2.05, 4.69) is 24.1 Å². The first-order valence-electron chi connectivity index (χ1n) is 8.34. The van der Waals surface area contributed by atoms with Crippen molar-refractivity contribution in [3.63, 3.8) is 0 Å². The molecular formula is C16H33N3O2. The summed E-state index contributed by atoms with van der Waals surface area (Å²) in [5, 5.41) is 3.13. The van der Waals surface area contributed by atoms with E-state index in [1.807, 2.05) is 6.92 Å². The van der Waals surface area contributed by atoms with Crippen LogP contribution < -0.4 is 11.1 Å². The van der Waals surface area contributed by atoms with Crippen molar-refractivity contribution in [1.29, 1.82) is 0 Å². The molecule has 2 unspecified atom stereocenters. The number of hydrogen-bond acceptors (Lipinski definition) is 4. The molecule has 124 valence electrons. The van der Waals surface area contributed by atoms with Crippen LogP contribution in [0.1, 0.15) is 40.0 Å². The third-order valence-corrected chi connectivity index (χ3v) is 4.11. The van der Waals surface area contributed by atoms with Gasteiger partial charge in [0.25, 0.3) is 0 Å². The number of ether oxygens (including phenoxy) is 1. The van der Waals surface area contributed by atoms with Gasteiger partial charge in [-0.1, -0.05) is 20.8 Å². The van der Waals surface area contributed by atoms with Gasteiger partial charge in [-0.3, -0.25) is 9.69 Å². The van der Waals surface area contributed by atoms with Crippen LogP contribution in [0.5, 0.6) is 0 Å². The third kappa shape index (κ3) is 7.25. The summed E-state index contributed by atoms with van der Waals surface area (Å²) in [6.07, 6.45) is 2.89. The maximum absolute atomic E-state index is 12.1. The minimum absolute atomic E-state index is 0.0536. The van der Waals surface area contributed by atoms with Crippen molar-refractivity contribution in [2.45, 2.75) is 46.1 Å². The van der Waals surface area contributed by atoms with Crippen LogP contribution in [0.4, 0.5) is 0 Å². The van der Waals surface area contributed by atoms with E-state index in [0.29, 0.717) is 18.5 Å². The number of rotatable bonds is 9. The summed E-state index contributed by atoms with van der Waals surface area (Å²) in [4.78, 5) is 14.6. The molecule has 0 saturated carbocycles. The molecular weight excluding hydrogens is 266 g/mol. The van der Waals surface area contributed by atoms with E-state index in [9.17, 15) is 4.79 Å². The highest BCUT2D eigenvalue weighted by atomic mass is 16.5. The molecule has 0 aromatic rings. The van der Waals surface area contributed by atoms with Crippen molar-refractivity contribution in [1.82, 2.24) is 10.2 Å². The van der Waals surface area contributed by atoms with Crippen LogP contribution >= 0.6 is 0 Å². The predicted molar refractivity (Wildman–Crippen MR) is 86.1 cm³/mol. The molecule has 1 rings (SSSR count). The Kier molecular flexibility index (Phi) is 8.88. The van der Waals surface area contributed by atoms with Crippen LogP contribution in [-0.4, -0.2) is 56.2 Å². The van der Waals surface area contributed by atoms with Gasteiger partial charge in [-0.15, -0.1) is 0 Å². The Bertz CT molecular complexity index is 291. The number of amides is 1. The molecule has 5 nitrogen and oxygen atoms in total. The Morgan fingerprint density at radius 1 is 1.29 bits per heavy atom. The fourth-order valence-electron chi connectivity index (χ4n) is 2.80. The van der Waals surface area contributed by atoms with E-state index >= 15 is 0 Å². The molecule has 1 aliphatic rings. The van der Waals surface area contributed by atoms with Gasteiger partial charge in [-0.2, -0.15) is 0 Å². The van der Waals surface area contributed by atoms with Crippen LogP contribution in [0.2, 0.25) is 0 Å². The molecule has 0 aromatic carbocycles. The number of hydrogen-bond donors (Lipinski definition) is 2.